The van der Waals surface area contributed by atoms with Crippen molar-refractivity contribution in [2.24, 2.45) is 11.7 Å². The Morgan fingerprint density at radius 1 is 0.881 bits per heavy atom. The van der Waals surface area contributed by atoms with E-state index in [2.05, 4.69) is 15.5 Å². The van der Waals surface area contributed by atoms with Gasteiger partial charge in [-0.15, -0.1) is 0 Å². The second-order valence-corrected chi connectivity index (χ2v) is 12.0. The van der Waals surface area contributed by atoms with Gasteiger partial charge < -0.3 is 30.9 Å². The van der Waals surface area contributed by atoms with Crippen LogP contribution < -0.4 is 26.0 Å². The lowest BCUT2D eigenvalue weighted by Crippen LogP contribution is -2.40. The number of hydrogen-bond donors (Lipinski definition) is 3. The summed E-state index contributed by atoms with van der Waals surface area (Å²) in [6.07, 6.45) is 8.91. The van der Waals surface area contributed by atoms with E-state index >= 15 is 0 Å². The smallest absolute Gasteiger partial charge is 0.251 e. The monoisotopic (exact) mass is 575 g/mol. The number of amides is 3. The van der Waals surface area contributed by atoms with Gasteiger partial charge in [0.2, 0.25) is 11.8 Å². The molecule has 0 bridgehead atoms. The zero-order valence-corrected chi connectivity index (χ0v) is 24.8. The SMILES string of the molecule is COc1ccc(CC(=O)Nc2cc(C(=O)NC3CCC(N)CC3)ccc2N2CCCN(C(=O)C3CCCC3)CC2)cc1. The van der Waals surface area contributed by atoms with Gasteiger partial charge >= 0.3 is 0 Å². The highest BCUT2D eigenvalue weighted by Gasteiger charge is 2.29. The molecule has 1 heterocycles. The number of carbonyl (C=O) groups excluding carboxylic acids is 3. The number of rotatable bonds is 8. The third kappa shape index (κ3) is 7.62. The fourth-order valence-corrected chi connectivity index (χ4v) is 6.52. The molecule has 9 nitrogen and oxygen atoms in total. The molecule has 226 valence electrons. The Labute approximate surface area is 249 Å². The maximum atomic E-state index is 13.2. The molecule has 0 radical (unpaired) electrons. The first-order valence-corrected chi connectivity index (χ1v) is 15.6. The summed E-state index contributed by atoms with van der Waals surface area (Å²) >= 11 is 0. The van der Waals surface area contributed by atoms with Gasteiger partial charge in [-0.05, 0) is 80.8 Å². The largest absolute Gasteiger partial charge is 0.497 e. The normalized spacial score (nSPS) is 21.5. The summed E-state index contributed by atoms with van der Waals surface area (Å²) in [6, 6.07) is 13.3. The summed E-state index contributed by atoms with van der Waals surface area (Å²) in [5.74, 6) is 0.895. The molecule has 3 fully saturated rings. The van der Waals surface area contributed by atoms with Gasteiger partial charge in [0.1, 0.15) is 5.75 Å². The van der Waals surface area contributed by atoms with Crippen molar-refractivity contribution in [1.29, 1.82) is 0 Å². The first-order valence-electron chi connectivity index (χ1n) is 15.6. The molecule has 5 rings (SSSR count). The van der Waals surface area contributed by atoms with E-state index in [1.165, 1.54) is 0 Å². The van der Waals surface area contributed by atoms with Gasteiger partial charge in [-0.2, -0.15) is 0 Å². The van der Waals surface area contributed by atoms with Gasteiger partial charge in [-0.3, -0.25) is 14.4 Å². The van der Waals surface area contributed by atoms with E-state index in [0.717, 1.165) is 87.9 Å². The number of anilines is 2. The molecule has 0 atom stereocenters. The quantitative estimate of drug-likeness (QED) is 0.436. The van der Waals surface area contributed by atoms with Gasteiger partial charge in [0.25, 0.3) is 5.91 Å². The number of hydrogen-bond acceptors (Lipinski definition) is 6. The van der Waals surface area contributed by atoms with E-state index in [9.17, 15) is 14.4 Å². The number of ether oxygens (including phenoxy) is 1. The van der Waals surface area contributed by atoms with Gasteiger partial charge in [0.15, 0.2) is 0 Å². The minimum atomic E-state index is -0.159. The summed E-state index contributed by atoms with van der Waals surface area (Å²) < 4.78 is 5.23. The van der Waals surface area contributed by atoms with Gasteiger partial charge in [-0.1, -0.05) is 25.0 Å². The third-order valence-corrected chi connectivity index (χ3v) is 9.02. The van der Waals surface area contributed by atoms with Gasteiger partial charge in [0, 0.05) is 49.7 Å². The molecule has 3 amide bonds. The summed E-state index contributed by atoms with van der Waals surface area (Å²) in [6.45, 7) is 2.84. The molecule has 9 heteroatoms. The molecule has 1 saturated heterocycles. The molecule has 42 heavy (non-hydrogen) atoms. The standard InChI is InChI=1S/C33H45N5O4/c1-42-28-14-7-23(8-15-28)21-31(39)36-29-22-25(32(40)35-27-12-10-26(34)11-13-27)9-16-30(29)37-17-4-18-38(20-19-37)33(41)24-5-2-3-6-24/h7-9,14-16,22,24,26-27H,2-6,10-13,17-21,34H2,1H3,(H,35,40)(H,36,39). The number of benzene rings is 2. The van der Waals surface area contributed by atoms with Crippen molar-refractivity contribution < 1.29 is 19.1 Å². The summed E-state index contributed by atoms with van der Waals surface area (Å²) in [5.41, 5.74) is 8.91. The van der Waals surface area contributed by atoms with Crippen LogP contribution >= 0.6 is 0 Å². The molecule has 0 spiro atoms. The number of nitrogens with zero attached hydrogens (tertiary/aromatic N) is 2. The van der Waals surface area contributed by atoms with Crippen molar-refractivity contribution in [3.63, 3.8) is 0 Å². The van der Waals surface area contributed by atoms with Crippen molar-refractivity contribution in [3.8, 4) is 5.75 Å². The van der Waals surface area contributed by atoms with Crippen LogP contribution in [0.2, 0.25) is 0 Å². The average molecular weight is 576 g/mol. The van der Waals surface area contributed by atoms with Crippen LogP contribution in [0, 0.1) is 5.92 Å². The lowest BCUT2D eigenvalue weighted by molar-refractivity contribution is -0.135. The molecule has 2 saturated carbocycles. The summed E-state index contributed by atoms with van der Waals surface area (Å²) in [4.78, 5) is 43.8. The van der Waals surface area contributed by atoms with Crippen LogP contribution in [0.4, 0.5) is 11.4 Å². The van der Waals surface area contributed by atoms with E-state index in [1.807, 2.05) is 41.3 Å². The predicted molar refractivity (Wildman–Crippen MR) is 165 cm³/mol. The van der Waals surface area contributed by atoms with Gasteiger partial charge in [-0.25, -0.2) is 0 Å². The fourth-order valence-electron chi connectivity index (χ4n) is 6.52. The highest BCUT2D eigenvalue weighted by atomic mass is 16.5. The van der Waals surface area contributed by atoms with Crippen molar-refractivity contribution in [2.75, 3.05) is 43.5 Å². The Kier molecular flexibility index (Phi) is 10.00. The van der Waals surface area contributed by atoms with Crippen LogP contribution in [0.1, 0.15) is 73.7 Å². The van der Waals surface area contributed by atoms with Crippen LogP contribution in [0.25, 0.3) is 0 Å². The van der Waals surface area contributed by atoms with Crippen LogP contribution in [0.5, 0.6) is 5.75 Å². The first-order chi connectivity index (χ1) is 20.4. The van der Waals surface area contributed by atoms with E-state index in [1.54, 1.807) is 13.2 Å². The van der Waals surface area contributed by atoms with Crippen molar-refractivity contribution in [2.45, 2.75) is 76.3 Å². The van der Waals surface area contributed by atoms with Crippen LogP contribution in [0.3, 0.4) is 0 Å². The van der Waals surface area contributed by atoms with Gasteiger partial charge in [0.05, 0.1) is 24.9 Å². The second-order valence-electron chi connectivity index (χ2n) is 12.0. The maximum absolute atomic E-state index is 13.2. The predicted octanol–water partition coefficient (Wildman–Crippen LogP) is 4.11. The Morgan fingerprint density at radius 3 is 2.33 bits per heavy atom. The zero-order valence-electron chi connectivity index (χ0n) is 24.8. The molecule has 4 N–H and O–H groups in total. The average Bonchev–Trinajstić information content (AvgIpc) is 3.43. The number of methoxy groups -OCH3 is 1. The lowest BCUT2D eigenvalue weighted by Gasteiger charge is -2.28. The van der Waals surface area contributed by atoms with E-state index < -0.39 is 0 Å². The molecule has 0 unspecified atom stereocenters. The summed E-state index contributed by atoms with van der Waals surface area (Å²) in [7, 11) is 1.61. The van der Waals surface area contributed by atoms with Crippen LogP contribution in [0.15, 0.2) is 42.5 Å². The van der Waals surface area contributed by atoms with Crippen LogP contribution in [-0.2, 0) is 16.0 Å². The van der Waals surface area contributed by atoms with Crippen molar-refractivity contribution in [1.82, 2.24) is 10.2 Å². The Balaban J connectivity index is 1.32. The minimum Gasteiger partial charge on any atom is -0.497 e. The topological polar surface area (TPSA) is 117 Å². The Hall–Kier alpha value is -3.59. The molecular weight excluding hydrogens is 530 g/mol. The Morgan fingerprint density at radius 2 is 1.62 bits per heavy atom. The molecular formula is C33H45N5O4. The highest BCUT2D eigenvalue weighted by Crippen LogP contribution is 2.31. The molecule has 1 aliphatic heterocycles. The number of nitrogens with two attached hydrogens (primary N) is 1. The van der Waals surface area contributed by atoms with Crippen molar-refractivity contribution >= 4 is 29.1 Å². The summed E-state index contributed by atoms with van der Waals surface area (Å²) in [5, 5.41) is 6.26. The van der Waals surface area contributed by atoms with E-state index in [0.29, 0.717) is 24.3 Å². The van der Waals surface area contributed by atoms with E-state index in [4.69, 9.17) is 10.5 Å². The maximum Gasteiger partial charge on any atom is 0.251 e. The first kappa shape index (κ1) is 29.9. The molecule has 2 aliphatic carbocycles. The van der Waals surface area contributed by atoms with Crippen molar-refractivity contribution in [3.05, 3.63) is 53.6 Å². The number of nitrogens with one attached hydrogen (secondary N) is 2. The number of carbonyl (C=O) groups is 3. The molecule has 0 aromatic heterocycles. The van der Waals surface area contributed by atoms with Crippen LogP contribution in [-0.4, -0.2) is 68.0 Å². The second kappa shape index (κ2) is 14.1. The molecule has 2 aromatic rings. The zero-order chi connectivity index (χ0) is 29.5. The Bertz CT molecular complexity index is 1240. The van der Waals surface area contributed by atoms with E-state index in [-0.39, 0.29) is 42.1 Å². The highest BCUT2D eigenvalue weighted by molar-refractivity contribution is 6.00. The molecule has 3 aliphatic rings. The minimum absolute atomic E-state index is 0.110. The third-order valence-electron chi connectivity index (χ3n) is 9.02. The fraction of sp³-hybridized carbons (Fsp3) is 0.545. The lowest BCUT2D eigenvalue weighted by atomic mass is 9.91. The molecule has 2 aromatic carbocycles.